The van der Waals surface area contributed by atoms with Crippen LogP contribution in [0.5, 0.6) is 5.75 Å². The number of nitrogens with one attached hydrogen (secondary N) is 1. The first kappa shape index (κ1) is 20.5. The van der Waals surface area contributed by atoms with Crippen molar-refractivity contribution in [2.24, 2.45) is 0 Å². The molecular weight excluding hydrogens is 348 g/mol. The normalized spacial score (nSPS) is 11.1. The van der Waals surface area contributed by atoms with Crippen LogP contribution in [0.2, 0.25) is 0 Å². The minimum absolute atomic E-state index is 0.0983. The second-order valence-corrected chi connectivity index (χ2v) is 7.26. The molecule has 0 saturated heterocycles. The van der Waals surface area contributed by atoms with Crippen molar-refractivity contribution < 1.29 is 23.6 Å². The van der Waals surface area contributed by atoms with Gasteiger partial charge >= 0.3 is 5.97 Å². The Bertz CT molecular complexity index is 759. The number of hydrogen-bond donors (Lipinski definition) is 1. The zero-order valence-corrected chi connectivity index (χ0v) is 16.2. The maximum absolute atomic E-state index is 11.7. The van der Waals surface area contributed by atoms with Crippen LogP contribution >= 0.6 is 0 Å². The van der Waals surface area contributed by atoms with Gasteiger partial charge in [0.05, 0.1) is 6.61 Å². The molecule has 0 fully saturated rings. The van der Waals surface area contributed by atoms with Crippen LogP contribution < -0.4 is 10.1 Å². The quantitative estimate of drug-likeness (QED) is 0.560. The van der Waals surface area contributed by atoms with Crippen LogP contribution in [-0.4, -0.2) is 30.2 Å². The van der Waals surface area contributed by atoms with Crippen molar-refractivity contribution in [2.45, 2.75) is 46.0 Å². The van der Waals surface area contributed by atoms with E-state index in [2.05, 4.69) is 31.2 Å². The molecule has 0 radical (unpaired) electrons. The molecular formula is C20H26N2O5. The number of hydrogen-bond acceptors (Lipinski definition) is 6. The average molecular weight is 374 g/mol. The molecule has 0 aliphatic heterocycles. The number of ether oxygens (including phenoxy) is 2. The molecule has 2 aromatic rings. The van der Waals surface area contributed by atoms with Crippen LogP contribution in [0.4, 0.5) is 5.82 Å². The van der Waals surface area contributed by atoms with Gasteiger partial charge in [-0.3, -0.25) is 9.59 Å². The van der Waals surface area contributed by atoms with Gasteiger partial charge in [-0.1, -0.05) is 38.1 Å². The van der Waals surface area contributed by atoms with E-state index in [1.54, 1.807) is 13.0 Å². The number of aryl methyl sites for hydroxylation is 1. The number of esters is 1. The second kappa shape index (κ2) is 9.21. The van der Waals surface area contributed by atoms with E-state index in [9.17, 15) is 9.59 Å². The van der Waals surface area contributed by atoms with Gasteiger partial charge in [-0.15, -0.1) is 0 Å². The fourth-order valence-electron chi connectivity index (χ4n) is 2.28. The Hall–Kier alpha value is -2.83. The predicted octanol–water partition coefficient (Wildman–Crippen LogP) is 3.62. The van der Waals surface area contributed by atoms with Gasteiger partial charge in [0.25, 0.3) is 5.91 Å². The Morgan fingerprint density at radius 2 is 1.89 bits per heavy atom. The first-order chi connectivity index (χ1) is 12.7. The number of amides is 1. The smallest absolute Gasteiger partial charge is 0.306 e. The summed E-state index contributed by atoms with van der Waals surface area (Å²) in [7, 11) is 0. The summed E-state index contributed by atoms with van der Waals surface area (Å²) in [6, 6.07) is 9.51. The molecule has 1 N–H and O–H groups in total. The van der Waals surface area contributed by atoms with Crippen molar-refractivity contribution in [3.8, 4) is 5.75 Å². The topological polar surface area (TPSA) is 90.7 Å². The molecule has 2 rings (SSSR count). The summed E-state index contributed by atoms with van der Waals surface area (Å²) in [6.45, 7) is 8.21. The number of anilines is 1. The molecule has 27 heavy (non-hydrogen) atoms. The lowest BCUT2D eigenvalue weighted by Gasteiger charge is -2.19. The van der Waals surface area contributed by atoms with Crippen molar-refractivity contribution in [3.05, 3.63) is 41.7 Å². The fraction of sp³-hybridized carbons (Fsp3) is 0.450. The molecule has 0 unspecified atom stereocenters. The molecule has 1 aromatic heterocycles. The van der Waals surface area contributed by atoms with Gasteiger partial charge < -0.3 is 19.3 Å². The van der Waals surface area contributed by atoms with E-state index < -0.39 is 11.9 Å². The maximum atomic E-state index is 11.7. The summed E-state index contributed by atoms with van der Waals surface area (Å²) in [5, 5.41) is 6.10. The lowest BCUT2D eigenvalue weighted by atomic mass is 9.87. The van der Waals surface area contributed by atoms with Crippen LogP contribution in [-0.2, 0) is 19.7 Å². The first-order valence-corrected chi connectivity index (χ1v) is 8.86. The van der Waals surface area contributed by atoms with Crippen LogP contribution in [0.25, 0.3) is 0 Å². The Morgan fingerprint density at radius 3 is 2.48 bits per heavy atom. The largest absolute Gasteiger partial charge is 0.494 e. The van der Waals surface area contributed by atoms with E-state index >= 15 is 0 Å². The predicted molar refractivity (Wildman–Crippen MR) is 101 cm³/mol. The summed E-state index contributed by atoms with van der Waals surface area (Å²) >= 11 is 0. The first-order valence-electron chi connectivity index (χ1n) is 8.86. The van der Waals surface area contributed by atoms with Crippen molar-refractivity contribution >= 4 is 17.7 Å². The third-order valence-corrected chi connectivity index (χ3v) is 3.77. The summed E-state index contributed by atoms with van der Waals surface area (Å²) in [4.78, 5) is 23.3. The standard InChI is InChI=1S/C20H26N2O5/c1-14-12-17(22-27-14)21-18(23)13-26-19(24)6-5-11-25-16-9-7-15(8-10-16)20(2,3)4/h7-10,12H,5-6,11,13H2,1-4H3,(H,21,22,23). The van der Waals surface area contributed by atoms with Gasteiger partial charge in [-0.25, -0.2) is 0 Å². The fourth-order valence-corrected chi connectivity index (χ4v) is 2.28. The van der Waals surface area contributed by atoms with E-state index in [4.69, 9.17) is 14.0 Å². The molecule has 0 atom stereocenters. The zero-order chi connectivity index (χ0) is 19.9. The van der Waals surface area contributed by atoms with Crippen molar-refractivity contribution in [1.82, 2.24) is 5.16 Å². The second-order valence-electron chi connectivity index (χ2n) is 7.26. The summed E-state index contributed by atoms with van der Waals surface area (Å²) in [5.74, 6) is 0.716. The molecule has 7 nitrogen and oxygen atoms in total. The number of benzene rings is 1. The molecule has 1 heterocycles. The van der Waals surface area contributed by atoms with E-state index in [1.807, 2.05) is 24.3 Å². The molecule has 1 aromatic carbocycles. The number of nitrogens with zero attached hydrogens (tertiary/aromatic N) is 1. The van der Waals surface area contributed by atoms with Gasteiger partial charge in [0.2, 0.25) is 0 Å². The highest BCUT2D eigenvalue weighted by atomic mass is 16.5. The van der Waals surface area contributed by atoms with Crippen LogP contribution in [0.3, 0.4) is 0 Å². The van der Waals surface area contributed by atoms with Crippen molar-refractivity contribution in [1.29, 1.82) is 0 Å². The Kier molecular flexibility index (Phi) is 6.98. The SMILES string of the molecule is Cc1cc(NC(=O)COC(=O)CCCOc2ccc(C(C)(C)C)cc2)no1. The van der Waals surface area contributed by atoms with Crippen LogP contribution in [0, 0.1) is 6.92 Å². The number of aromatic nitrogens is 1. The summed E-state index contributed by atoms with van der Waals surface area (Å²) < 4.78 is 15.4. The van der Waals surface area contributed by atoms with Crippen molar-refractivity contribution in [2.75, 3.05) is 18.5 Å². The number of rotatable bonds is 8. The highest BCUT2D eigenvalue weighted by molar-refractivity contribution is 5.91. The van der Waals surface area contributed by atoms with Gasteiger partial charge in [0, 0.05) is 12.5 Å². The van der Waals surface area contributed by atoms with E-state index in [-0.39, 0.29) is 18.4 Å². The molecule has 0 bridgehead atoms. The lowest BCUT2D eigenvalue weighted by Crippen LogP contribution is -2.21. The van der Waals surface area contributed by atoms with Crippen LogP contribution in [0.1, 0.15) is 44.9 Å². The monoisotopic (exact) mass is 374 g/mol. The molecule has 0 saturated carbocycles. The molecule has 0 aliphatic rings. The van der Waals surface area contributed by atoms with Gasteiger partial charge in [0.15, 0.2) is 12.4 Å². The zero-order valence-electron chi connectivity index (χ0n) is 16.2. The van der Waals surface area contributed by atoms with E-state index in [1.165, 1.54) is 5.56 Å². The lowest BCUT2D eigenvalue weighted by molar-refractivity contribution is -0.147. The van der Waals surface area contributed by atoms with Gasteiger partial charge in [0.1, 0.15) is 11.5 Å². The van der Waals surface area contributed by atoms with E-state index in [0.717, 1.165) is 5.75 Å². The average Bonchev–Trinajstić information content (AvgIpc) is 3.01. The summed E-state index contributed by atoms with van der Waals surface area (Å²) in [6.07, 6.45) is 0.681. The molecule has 1 amide bonds. The minimum Gasteiger partial charge on any atom is -0.494 e. The van der Waals surface area contributed by atoms with Gasteiger partial charge in [-0.2, -0.15) is 0 Å². The maximum Gasteiger partial charge on any atom is 0.306 e. The Labute approximate surface area is 159 Å². The highest BCUT2D eigenvalue weighted by Gasteiger charge is 2.13. The van der Waals surface area contributed by atoms with Gasteiger partial charge in [-0.05, 0) is 36.5 Å². The third kappa shape index (κ3) is 7.13. The summed E-state index contributed by atoms with van der Waals surface area (Å²) in [5.41, 5.74) is 1.33. The Morgan fingerprint density at radius 1 is 1.19 bits per heavy atom. The molecule has 0 aliphatic carbocycles. The molecule has 7 heteroatoms. The Balaban J connectivity index is 1.61. The molecule has 146 valence electrons. The van der Waals surface area contributed by atoms with Crippen molar-refractivity contribution in [3.63, 3.8) is 0 Å². The number of carbonyl (C=O) groups is 2. The van der Waals surface area contributed by atoms with E-state index in [0.29, 0.717) is 24.6 Å². The number of carbonyl (C=O) groups excluding carboxylic acids is 2. The molecule has 0 spiro atoms. The van der Waals surface area contributed by atoms with Crippen LogP contribution in [0.15, 0.2) is 34.9 Å². The minimum atomic E-state index is -0.466. The third-order valence-electron chi connectivity index (χ3n) is 3.77. The highest BCUT2D eigenvalue weighted by Crippen LogP contribution is 2.24.